The van der Waals surface area contributed by atoms with Gasteiger partial charge in [-0.25, -0.2) is 0 Å². The van der Waals surface area contributed by atoms with Gasteiger partial charge in [0.15, 0.2) is 11.5 Å². The molecule has 0 fully saturated rings. The highest BCUT2D eigenvalue weighted by molar-refractivity contribution is 7.87. The summed E-state index contributed by atoms with van der Waals surface area (Å²) in [5, 5.41) is 0.321. The second kappa shape index (κ2) is 11.7. The third-order valence-electron chi connectivity index (χ3n) is 4.48. The van der Waals surface area contributed by atoms with Crippen LogP contribution in [-0.2, 0) is 26.2 Å². The van der Waals surface area contributed by atoms with E-state index in [0.717, 1.165) is 0 Å². The molecule has 0 radical (unpaired) electrons. The molecule has 0 aliphatic carbocycles. The molecule has 0 aliphatic rings. The molecule has 0 spiro atoms. The lowest BCUT2D eigenvalue weighted by molar-refractivity contribution is -0.133. The molecular formula is C22H27Cl2NO6S. The maximum absolute atomic E-state index is 12.8. The zero-order chi connectivity index (χ0) is 23.9. The molecule has 1 amide bonds. The Morgan fingerprint density at radius 2 is 1.75 bits per heavy atom. The molecule has 7 nitrogen and oxygen atoms in total. The van der Waals surface area contributed by atoms with Gasteiger partial charge in [0.05, 0.1) is 23.8 Å². The standard InChI is InChI=1S/C22H27Cl2NO6S/c1-15(2)11-22(26)25(9-10-29-3)14-16-5-8-20(30-4)21(12-16)31-32(27,28)17-6-7-18(23)19(24)13-17/h5-8,12-13,15H,9-11,14H2,1-4H3. The Hall–Kier alpha value is -2.00. The molecule has 0 atom stereocenters. The zero-order valence-electron chi connectivity index (χ0n) is 18.4. The summed E-state index contributed by atoms with van der Waals surface area (Å²) in [5.41, 5.74) is 0.679. The van der Waals surface area contributed by atoms with Crippen molar-refractivity contribution in [1.82, 2.24) is 4.90 Å². The van der Waals surface area contributed by atoms with E-state index in [2.05, 4.69) is 0 Å². The Morgan fingerprint density at radius 1 is 1.03 bits per heavy atom. The molecule has 2 rings (SSSR count). The first-order valence-corrected chi connectivity index (χ1v) is 12.1. The lowest BCUT2D eigenvalue weighted by Gasteiger charge is -2.24. The van der Waals surface area contributed by atoms with Gasteiger partial charge in [-0.15, -0.1) is 0 Å². The summed E-state index contributed by atoms with van der Waals surface area (Å²) in [4.78, 5) is 14.2. The Labute approximate surface area is 199 Å². The van der Waals surface area contributed by atoms with Gasteiger partial charge in [0.25, 0.3) is 0 Å². The van der Waals surface area contributed by atoms with Gasteiger partial charge < -0.3 is 18.6 Å². The minimum atomic E-state index is -4.20. The van der Waals surface area contributed by atoms with Crippen LogP contribution in [0.4, 0.5) is 0 Å². The van der Waals surface area contributed by atoms with Crippen molar-refractivity contribution in [3.8, 4) is 11.5 Å². The van der Waals surface area contributed by atoms with Crippen molar-refractivity contribution in [1.29, 1.82) is 0 Å². The third kappa shape index (κ3) is 7.27. The average molecular weight is 504 g/mol. The van der Waals surface area contributed by atoms with E-state index in [0.29, 0.717) is 25.1 Å². The second-order valence-electron chi connectivity index (χ2n) is 7.50. The van der Waals surface area contributed by atoms with Crippen LogP contribution in [0.5, 0.6) is 11.5 Å². The van der Waals surface area contributed by atoms with Crippen LogP contribution < -0.4 is 8.92 Å². The van der Waals surface area contributed by atoms with Crippen molar-refractivity contribution in [3.63, 3.8) is 0 Å². The van der Waals surface area contributed by atoms with E-state index in [9.17, 15) is 13.2 Å². The Bertz CT molecular complexity index is 1040. The predicted molar refractivity (Wildman–Crippen MR) is 124 cm³/mol. The first-order chi connectivity index (χ1) is 15.1. The first-order valence-electron chi connectivity index (χ1n) is 9.90. The van der Waals surface area contributed by atoms with E-state index in [1.165, 1.54) is 31.4 Å². The van der Waals surface area contributed by atoms with E-state index in [-0.39, 0.29) is 44.8 Å². The molecule has 0 unspecified atom stereocenters. The first kappa shape index (κ1) is 26.3. The van der Waals surface area contributed by atoms with Crippen molar-refractivity contribution >= 4 is 39.2 Å². The SMILES string of the molecule is COCCN(Cc1ccc(OC)c(OS(=O)(=O)c2ccc(Cl)c(Cl)c2)c1)C(=O)CC(C)C. The molecule has 10 heteroatoms. The molecule has 0 bridgehead atoms. The number of hydrogen-bond donors (Lipinski definition) is 0. The van der Waals surface area contributed by atoms with Crippen LogP contribution in [0, 0.1) is 5.92 Å². The summed E-state index contributed by atoms with van der Waals surface area (Å²) in [5.74, 6) is 0.422. The van der Waals surface area contributed by atoms with E-state index < -0.39 is 10.1 Å². The van der Waals surface area contributed by atoms with Crippen molar-refractivity contribution in [2.45, 2.75) is 31.7 Å². The van der Waals surface area contributed by atoms with Crippen LogP contribution >= 0.6 is 23.2 Å². The number of carbonyl (C=O) groups is 1. The van der Waals surface area contributed by atoms with Gasteiger partial charge in [0.1, 0.15) is 4.90 Å². The lowest BCUT2D eigenvalue weighted by Crippen LogP contribution is -2.34. The number of amides is 1. The number of rotatable bonds is 11. The molecule has 0 aromatic heterocycles. The molecular weight excluding hydrogens is 477 g/mol. The maximum atomic E-state index is 12.8. The van der Waals surface area contributed by atoms with Gasteiger partial charge in [-0.05, 0) is 41.8 Å². The fourth-order valence-corrected chi connectivity index (χ4v) is 4.20. The number of ether oxygens (including phenoxy) is 2. The fourth-order valence-electron chi connectivity index (χ4n) is 2.88. The fraction of sp³-hybridized carbons (Fsp3) is 0.409. The van der Waals surface area contributed by atoms with E-state index in [1.54, 1.807) is 24.1 Å². The van der Waals surface area contributed by atoms with E-state index >= 15 is 0 Å². The highest BCUT2D eigenvalue weighted by Crippen LogP contribution is 2.33. The number of benzene rings is 2. The van der Waals surface area contributed by atoms with Crippen LogP contribution in [0.3, 0.4) is 0 Å². The maximum Gasteiger partial charge on any atom is 0.339 e. The van der Waals surface area contributed by atoms with Gasteiger partial charge in [-0.3, -0.25) is 4.79 Å². The Kier molecular flexibility index (Phi) is 9.64. The highest BCUT2D eigenvalue weighted by atomic mass is 35.5. The van der Waals surface area contributed by atoms with Crippen LogP contribution in [0.25, 0.3) is 0 Å². The Balaban J connectivity index is 2.32. The van der Waals surface area contributed by atoms with Gasteiger partial charge in [-0.1, -0.05) is 43.1 Å². The third-order valence-corrected chi connectivity index (χ3v) is 6.45. The number of carbonyl (C=O) groups excluding carboxylic acids is 1. The van der Waals surface area contributed by atoms with Gasteiger partial charge >= 0.3 is 10.1 Å². The smallest absolute Gasteiger partial charge is 0.339 e. The van der Waals surface area contributed by atoms with Gasteiger partial charge in [0, 0.05) is 26.6 Å². The molecule has 2 aromatic rings. The van der Waals surface area contributed by atoms with Crippen LogP contribution in [-0.4, -0.2) is 46.6 Å². The molecule has 0 aliphatic heterocycles. The summed E-state index contributed by atoms with van der Waals surface area (Å²) < 4.78 is 41.3. The second-order valence-corrected chi connectivity index (χ2v) is 9.87. The van der Waals surface area contributed by atoms with Crippen LogP contribution in [0.1, 0.15) is 25.8 Å². The quantitative estimate of drug-likeness (QED) is 0.410. The molecule has 0 saturated heterocycles. The summed E-state index contributed by atoms with van der Waals surface area (Å²) in [6, 6.07) is 8.78. The van der Waals surface area contributed by atoms with E-state index in [1.807, 2.05) is 13.8 Å². The summed E-state index contributed by atoms with van der Waals surface area (Å²) in [6.45, 7) is 5.00. The lowest BCUT2D eigenvalue weighted by atomic mass is 10.1. The van der Waals surface area contributed by atoms with Crippen LogP contribution in [0.15, 0.2) is 41.3 Å². The normalized spacial score (nSPS) is 11.5. The largest absolute Gasteiger partial charge is 0.493 e. The van der Waals surface area contributed by atoms with Crippen molar-refractivity contribution in [2.24, 2.45) is 5.92 Å². The zero-order valence-corrected chi connectivity index (χ0v) is 20.8. The van der Waals surface area contributed by atoms with Gasteiger partial charge in [0.2, 0.25) is 5.91 Å². The Morgan fingerprint density at radius 3 is 2.34 bits per heavy atom. The highest BCUT2D eigenvalue weighted by Gasteiger charge is 2.22. The minimum absolute atomic E-state index is 0.000859. The van der Waals surface area contributed by atoms with E-state index in [4.69, 9.17) is 36.9 Å². The number of hydrogen-bond acceptors (Lipinski definition) is 6. The molecule has 0 heterocycles. The minimum Gasteiger partial charge on any atom is -0.493 e. The topological polar surface area (TPSA) is 82.1 Å². The molecule has 0 N–H and O–H groups in total. The van der Waals surface area contributed by atoms with Crippen molar-refractivity contribution in [3.05, 3.63) is 52.0 Å². The summed E-state index contributed by atoms with van der Waals surface area (Å²) >= 11 is 11.8. The van der Waals surface area contributed by atoms with Crippen molar-refractivity contribution < 1.29 is 26.9 Å². The predicted octanol–water partition coefficient (Wildman–Crippen LogP) is 4.79. The number of halogens is 2. The van der Waals surface area contributed by atoms with Gasteiger partial charge in [-0.2, -0.15) is 8.42 Å². The summed E-state index contributed by atoms with van der Waals surface area (Å²) in [6.07, 6.45) is 0.398. The van der Waals surface area contributed by atoms with Crippen LogP contribution in [0.2, 0.25) is 10.0 Å². The number of methoxy groups -OCH3 is 2. The molecule has 2 aromatic carbocycles. The summed E-state index contributed by atoms with van der Waals surface area (Å²) in [7, 11) is -1.23. The molecule has 0 saturated carbocycles. The molecule has 32 heavy (non-hydrogen) atoms. The van der Waals surface area contributed by atoms with Crippen molar-refractivity contribution in [2.75, 3.05) is 27.4 Å². The average Bonchev–Trinajstić information content (AvgIpc) is 2.72. The molecule has 176 valence electrons. The monoisotopic (exact) mass is 503 g/mol. The number of nitrogens with zero attached hydrogens (tertiary/aromatic N) is 1.